The van der Waals surface area contributed by atoms with Crippen molar-refractivity contribution in [3.8, 4) is 5.75 Å². The van der Waals surface area contributed by atoms with Crippen molar-refractivity contribution in [3.05, 3.63) is 58.4 Å². The van der Waals surface area contributed by atoms with Crippen molar-refractivity contribution in [2.75, 3.05) is 18.4 Å². The van der Waals surface area contributed by atoms with Crippen LogP contribution in [-0.2, 0) is 6.54 Å². The van der Waals surface area contributed by atoms with E-state index in [1.165, 1.54) is 12.4 Å². The van der Waals surface area contributed by atoms with Crippen molar-refractivity contribution in [2.45, 2.75) is 19.4 Å². The second-order valence-corrected chi connectivity index (χ2v) is 7.63. The third-order valence-corrected chi connectivity index (χ3v) is 5.52. The maximum Gasteiger partial charge on any atom is 0.270 e. The second kappa shape index (κ2) is 8.16. The SMILES string of the molecule is NC(=[NH2+])c1ccc(O)c(CNc2ncnc3cc(C(=O)N4CCCC4)c(Cl)cc23)c1. The number of carbonyl (C=O) groups is 1. The molecule has 0 atom stereocenters. The third kappa shape index (κ3) is 3.86. The Bertz CT molecular complexity index is 1140. The van der Waals surface area contributed by atoms with Crippen LogP contribution in [0.1, 0.15) is 34.3 Å². The highest BCUT2D eigenvalue weighted by molar-refractivity contribution is 6.34. The molecule has 9 heteroatoms. The maximum atomic E-state index is 12.8. The van der Waals surface area contributed by atoms with Gasteiger partial charge in [-0.15, -0.1) is 0 Å². The number of nitrogens with two attached hydrogens (primary N) is 2. The Labute approximate surface area is 178 Å². The Hall–Kier alpha value is -3.39. The molecule has 154 valence electrons. The number of nitrogens with zero attached hydrogens (tertiary/aromatic N) is 3. The predicted octanol–water partition coefficient (Wildman–Crippen LogP) is 1.30. The standard InChI is InChI=1S/C21H21ClN6O2/c22-16-8-15-17(9-14(16)21(30)28-5-1-2-6-28)26-11-27-20(15)25-10-13-7-12(19(23)24)3-4-18(13)29/h3-4,7-9,11,29H,1-2,5-6,10H2,(H3,23,24)(H,25,26,27)/p+1. The molecule has 2 aromatic carbocycles. The number of carbonyl (C=O) groups excluding carboxylic acids is 1. The fourth-order valence-corrected chi connectivity index (χ4v) is 3.80. The Kier molecular flexibility index (Phi) is 5.41. The zero-order valence-corrected chi connectivity index (χ0v) is 17.0. The lowest BCUT2D eigenvalue weighted by molar-refractivity contribution is -0.114. The molecule has 1 fully saturated rings. The second-order valence-electron chi connectivity index (χ2n) is 7.22. The van der Waals surface area contributed by atoms with Gasteiger partial charge in [0.2, 0.25) is 0 Å². The lowest BCUT2D eigenvalue weighted by atomic mass is 10.1. The molecule has 2 heterocycles. The average molecular weight is 426 g/mol. The highest BCUT2D eigenvalue weighted by atomic mass is 35.5. The summed E-state index contributed by atoms with van der Waals surface area (Å²) in [5.74, 6) is 0.745. The third-order valence-electron chi connectivity index (χ3n) is 5.21. The number of hydrogen-bond acceptors (Lipinski definition) is 5. The van der Waals surface area contributed by atoms with Crippen LogP contribution in [0.3, 0.4) is 0 Å². The van der Waals surface area contributed by atoms with Gasteiger partial charge in [0.1, 0.15) is 17.9 Å². The summed E-state index contributed by atoms with van der Waals surface area (Å²) in [6, 6.07) is 8.29. The van der Waals surface area contributed by atoms with Gasteiger partial charge in [0, 0.05) is 30.6 Å². The number of aromatic hydroxyl groups is 1. The van der Waals surface area contributed by atoms with Gasteiger partial charge in [0.15, 0.2) is 0 Å². The quantitative estimate of drug-likeness (QED) is 0.360. The molecule has 0 radical (unpaired) electrons. The van der Waals surface area contributed by atoms with Crippen LogP contribution in [0.5, 0.6) is 5.75 Å². The highest BCUT2D eigenvalue weighted by Crippen LogP contribution is 2.29. The maximum absolute atomic E-state index is 12.8. The number of aromatic nitrogens is 2. The number of amides is 1. The van der Waals surface area contributed by atoms with Crippen molar-refractivity contribution in [1.29, 1.82) is 0 Å². The van der Waals surface area contributed by atoms with E-state index in [1.54, 1.807) is 24.3 Å². The summed E-state index contributed by atoms with van der Waals surface area (Å²) in [4.78, 5) is 23.2. The number of rotatable bonds is 5. The van der Waals surface area contributed by atoms with Crippen molar-refractivity contribution in [1.82, 2.24) is 14.9 Å². The molecule has 1 aliphatic rings. The Balaban J connectivity index is 1.63. The topological polar surface area (TPSA) is 130 Å². The van der Waals surface area contributed by atoms with E-state index in [-0.39, 0.29) is 24.0 Å². The van der Waals surface area contributed by atoms with Crippen molar-refractivity contribution >= 4 is 40.1 Å². The van der Waals surface area contributed by atoms with Gasteiger partial charge in [-0.2, -0.15) is 0 Å². The van der Waals surface area contributed by atoms with Crippen LogP contribution in [-0.4, -0.2) is 44.8 Å². The van der Waals surface area contributed by atoms with Crippen molar-refractivity contribution < 1.29 is 15.3 Å². The van der Waals surface area contributed by atoms with Crippen LogP contribution in [0.15, 0.2) is 36.7 Å². The summed E-state index contributed by atoms with van der Waals surface area (Å²) < 4.78 is 0. The first-order valence-electron chi connectivity index (χ1n) is 9.61. The number of phenolic OH excluding ortho intramolecular Hbond substituents is 1. The number of likely N-dealkylation sites (tertiary alicyclic amines) is 1. The summed E-state index contributed by atoms with van der Waals surface area (Å²) in [6.07, 6.45) is 3.44. The highest BCUT2D eigenvalue weighted by Gasteiger charge is 2.22. The molecular formula is C21H22ClN6O2+. The molecule has 4 rings (SSSR count). The molecule has 0 saturated carbocycles. The number of anilines is 1. The van der Waals surface area contributed by atoms with E-state index < -0.39 is 0 Å². The van der Waals surface area contributed by atoms with Crippen LogP contribution >= 0.6 is 11.6 Å². The Morgan fingerprint density at radius 2 is 2.00 bits per heavy atom. The first-order chi connectivity index (χ1) is 14.4. The lowest BCUT2D eigenvalue weighted by Gasteiger charge is -2.17. The molecular weight excluding hydrogens is 404 g/mol. The van der Waals surface area contributed by atoms with Gasteiger partial charge >= 0.3 is 0 Å². The lowest BCUT2D eigenvalue weighted by Crippen LogP contribution is -2.46. The van der Waals surface area contributed by atoms with Gasteiger partial charge in [-0.25, -0.2) is 9.97 Å². The zero-order valence-electron chi connectivity index (χ0n) is 16.2. The van der Waals surface area contributed by atoms with E-state index >= 15 is 0 Å². The van der Waals surface area contributed by atoms with E-state index in [1.807, 2.05) is 4.90 Å². The molecule has 1 saturated heterocycles. The van der Waals surface area contributed by atoms with E-state index in [4.69, 9.17) is 22.7 Å². The molecule has 8 nitrogen and oxygen atoms in total. The molecule has 1 aromatic heterocycles. The summed E-state index contributed by atoms with van der Waals surface area (Å²) in [7, 11) is 0. The first kappa shape index (κ1) is 19.9. The smallest absolute Gasteiger partial charge is 0.270 e. The number of fused-ring (bicyclic) bond motifs is 1. The number of amidine groups is 1. The van der Waals surface area contributed by atoms with Gasteiger partial charge in [0.05, 0.1) is 21.7 Å². The normalized spacial score (nSPS) is 13.6. The number of hydrogen-bond donors (Lipinski definition) is 4. The molecule has 0 spiro atoms. The fraction of sp³-hybridized carbons (Fsp3) is 0.238. The monoisotopic (exact) mass is 425 g/mol. The minimum Gasteiger partial charge on any atom is -0.508 e. The molecule has 1 amide bonds. The predicted molar refractivity (Wildman–Crippen MR) is 115 cm³/mol. The van der Waals surface area contributed by atoms with Crippen LogP contribution in [0.2, 0.25) is 5.02 Å². The van der Waals surface area contributed by atoms with Gasteiger partial charge in [0.25, 0.3) is 11.7 Å². The number of halogens is 1. The minimum atomic E-state index is -0.0788. The molecule has 0 unspecified atom stereocenters. The fourth-order valence-electron chi connectivity index (χ4n) is 3.56. The molecule has 0 aliphatic carbocycles. The Morgan fingerprint density at radius 1 is 1.23 bits per heavy atom. The molecule has 1 aliphatic heterocycles. The summed E-state index contributed by atoms with van der Waals surface area (Å²) in [5, 5.41) is 20.0. The number of phenols is 1. The van der Waals surface area contributed by atoms with Gasteiger partial charge in [-0.1, -0.05) is 11.6 Å². The van der Waals surface area contributed by atoms with Crippen molar-refractivity contribution in [2.24, 2.45) is 5.73 Å². The van der Waals surface area contributed by atoms with Gasteiger partial charge in [-0.3, -0.25) is 15.9 Å². The molecule has 6 N–H and O–H groups in total. The van der Waals surface area contributed by atoms with Gasteiger partial charge in [-0.05, 0) is 43.2 Å². The summed E-state index contributed by atoms with van der Waals surface area (Å²) >= 11 is 6.45. The minimum absolute atomic E-state index is 0.0788. The van der Waals surface area contributed by atoms with E-state index in [9.17, 15) is 9.90 Å². The van der Waals surface area contributed by atoms with E-state index in [2.05, 4.69) is 15.3 Å². The molecule has 0 bridgehead atoms. The van der Waals surface area contributed by atoms with Crippen molar-refractivity contribution in [3.63, 3.8) is 0 Å². The Morgan fingerprint density at radius 3 is 2.73 bits per heavy atom. The number of benzene rings is 2. The van der Waals surface area contributed by atoms with Gasteiger partial charge < -0.3 is 15.3 Å². The van der Waals surface area contributed by atoms with Crippen LogP contribution < -0.4 is 16.5 Å². The average Bonchev–Trinajstić information content (AvgIpc) is 3.27. The number of nitrogens with one attached hydrogen (secondary N) is 1. The largest absolute Gasteiger partial charge is 0.508 e. The molecule has 30 heavy (non-hydrogen) atoms. The van der Waals surface area contributed by atoms with Crippen LogP contribution in [0.4, 0.5) is 5.82 Å². The summed E-state index contributed by atoms with van der Waals surface area (Å²) in [6.45, 7) is 1.78. The van der Waals surface area contributed by atoms with E-state index in [0.717, 1.165) is 25.9 Å². The summed E-state index contributed by atoms with van der Waals surface area (Å²) in [5.41, 5.74) is 7.93. The zero-order chi connectivity index (χ0) is 21.3. The molecule has 3 aromatic rings. The van der Waals surface area contributed by atoms with Crippen LogP contribution in [0.25, 0.3) is 10.9 Å². The first-order valence-corrected chi connectivity index (χ1v) is 9.99. The van der Waals surface area contributed by atoms with E-state index in [0.29, 0.717) is 38.4 Å². The van der Waals surface area contributed by atoms with Crippen LogP contribution in [0, 0.1) is 0 Å².